The Morgan fingerprint density at radius 1 is 1.50 bits per heavy atom. The van der Waals surface area contributed by atoms with Crippen LogP contribution < -0.4 is 5.32 Å². The van der Waals surface area contributed by atoms with E-state index in [0.29, 0.717) is 18.1 Å². The minimum atomic E-state index is 0.510. The van der Waals surface area contributed by atoms with Crippen LogP contribution in [0, 0.1) is 12.3 Å². The maximum Gasteiger partial charge on any atom is 0.0240 e. The predicted molar refractivity (Wildman–Crippen MR) is 70.4 cm³/mol. The molecular weight excluding hydrogens is 196 g/mol. The van der Waals surface area contributed by atoms with E-state index in [9.17, 15) is 0 Å². The minimum absolute atomic E-state index is 0.510. The first-order valence-electron chi connectivity index (χ1n) is 6.64. The molecule has 0 aliphatic carbocycles. The monoisotopic (exact) mass is 222 g/mol. The topological polar surface area (TPSA) is 15.3 Å². The molecule has 0 aromatic rings. The summed E-state index contributed by atoms with van der Waals surface area (Å²) in [7, 11) is 0. The molecule has 1 saturated heterocycles. The summed E-state index contributed by atoms with van der Waals surface area (Å²) >= 11 is 0. The van der Waals surface area contributed by atoms with Crippen LogP contribution in [0.3, 0.4) is 0 Å². The van der Waals surface area contributed by atoms with Gasteiger partial charge in [0.1, 0.15) is 0 Å². The van der Waals surface area contributed by atoms with Crippen molar-refractivity contribution >= 4 is 0 Å². The van der Waals surface area contributed by atoms with Crippen LogP contribution in [-0.4, -0.2) is 36.1 Å². The van der Waals surface area contributed by atoms with E-state index >= 15 is 0 Å². The molecule has 0 amide bonds. The van der Waals surface area contributed by atoms with Crippen LogP contribution >= 0.6 is 0 Å². The van der Waals surface area contributed by atoms with Gasteiger partial charge in [-0.2, -0.15) is 0 Å². The van der Waals surface area contributed by atoms with Gasteiger partial charge in [0.05, 0.1) is 0 Å². The third-order valence-corrected chi connectivity index (χ3v) is 3.75. The Labute approximate surface area is 101 Å². The second-order valence-electron chi connectivity index (χ2n) is 4.88. The Balaban J connectivity index is 2.37. The van der Waals surface area contributed by atoms with Crippen LogP contribution in [-0.2, 0) is 0 Å². The van der Waals surface area contributed by atoms with Crippen molar-refractivity contribution in [3.8, 4) is 12.3 Å². The van der Waals surface area contributed by atoms with E-state index in [-0.39, 0.29) is 0 Å². The van der Waals surface area contributed by atoms with E-state index in [0.717, 1.165) is 12.8 Å². The van der Waals surface area contributed by atoms with Crippen LogP contribution in [0.25, 0.3) is 0 Å². The largest absolute Gasteiger partial charge is 0.310 e. The van der Waals surface area contributed by atoms with Gasteiger partial charge >= 0.3 is 0 Å². The number of rotatable bonds is 5. The zero-order valence-electron chi connectivity index (χ0n) is 11.0. The highest BCUT2D eigenvalue weighted by Crippen LogP contribution is 2.17. The van der Waals surface area contributed by atoms with E-state index in [1.54, 1.807) is 0 Å². The molecule has 0 saturated carbocycles. The summed E-state index contributed by atoms with van der Waals surface area (Å²) in [4.78, 5) is 2.56. The van der Waals surface area contributed by atoms with Crippen molar-refractivity contribution in [2.45, 2.75) is 64.6 Å². The molecule has 3 unspecified atom stereocenters. The third kappa shape index (κ3) is 3.81. The molecule has 92 valence electrons. The Morgan fingerprint density at radius 3 is 2.75 bits per heavy atom. The smallest absolute Gasteiger partial charge is 0.0240 e. The van der Waals surface area contributed by atoms with Gasteiger partial charge in [0.15, 0.2) is 0 Å². The van der Waals surface area contributed by atoms with Crippen molar-refractivity contribution in [3.63, 3.8) is 0 Å². The van der Waals surface area contributed by atoms with Gasteiger partial charge in [0, 0.05) is 24.5 Å². The highest BCUT2D eigenvalue weighted by Gasteiger charge is 2.25. The number of hydrogen-bond donors (Lipinski definition) is 1. The molecule has 3 atom stereocenters. The molecular formula is C14H26N2. The van der Waals surface area contributed by atoms with Crippen LogP contribution in [0.2, 0.25) is 0 Å². The van der Waals surface area contributed by atoms with Gasteiger partial charge in [-0.1, -0.05) is 13.8 Å². The van der Waals surface area contributed by atoms with E-state index in [2.05, 4.69) is 36.9 Å². The van der Waals surface area contributed by atoms with Gasteiger partial charge in [-0.3, -0.25) is 0 Å². The van der Waals surface area contributed by atoms with Gasteiger partial charge in [-0.05, 0) is 39.3 Å². The number of terminal acetylenes is 1. The number of nitrogens with zero attached hydrogens (tertiary/aromatic N) is 1. The molecule has 0 aromatic carbocycles. The highest BCUT2D eigenvalue weighted by atomic mass is 15.2. The van der Waals surface area contributed by atoms with Crippen LogP contribution in [0.15, 0.2) is 0 Å². The zero-order chi connectivity index (χ0) is 12.0. The van der Waals surface area contributed by atoms with Crippen molar-refractivity contribution in [2.24, 2.45) is 0 Å². The first-order chi connectivity index (χ1) is 7.71. The van der Waals surface area contributed by atoms with Gasteiger partial charge in [0.25, 0.3) is 0 Å². The fourth-order valence-electron chi connectivity index (χ4n) is 2.64. The lowest BCUT2D eigenvalue weighted by Crippen LogP contribution is -2.49. The molecule has 0 spiro atoms. The number of hydrogen-bond acceptors (Lipinski definition) is 2. The number of piperidine rings is 1. The number of likely N-dealkylation sites (tertiary alicyclic amines) is 1. The van der Waals surface area contributed by atoms with E-state index < -0.39 is 0 Å². The average molecular weight is 222 g/mol. The van der Waals surface area contributed by atoms with Gasteiger partial charge < -0.3 is 10.2 Å². The Hall–Kier alpha value is -0.520. The second kappa shape index (κ2) is 6.93. The van der Waals surface area contributed by atoms with E-state index in [1.165, 1.54) is 25.9 Å². The fraction of sp³-hybridized carbons (Fsp3) is 0.857. The van der Waals surface area contributed by atoms with Crippen LogP contribution in [0.4, 0.5) is 0 Å². The van der Waals surface area contributed by atoms with Crippen molar-refractivity contribution in [3.05, 3.63) is 0 Å². The lowest BCUT2D eigenvalue weighted by molar-refractivity contribution is 0.138. The second-order valence-corrected chi connectivity index (χ2v) is 4.88. The van der Waals surface area contributed by atoms with Crippen molar-refractivity contribution in [2.75, 3.05) is 13.1 Å². The molecule has 0 bridgehead atoms. The molecule has 0 radical (unpaired) electrons. The maximum atomic E-state index is 5.38. The molecule has 2 heteroatoms. The van der Waals surface area contributed by atoms with Gasteiger partial charge in [-0.15, -0.1) is 12.3 Å². The Kier molecular flexibility index (Phi) is 5.87. The fourth-order valence-corrected chi connectivity index (χ4v) is 2.64. The lowest BCUT2D eigenvalue weighted by Gasteiger charge is -2.38. The summed E-state index contributed by atoms with van der Waals surface area (Å²) in [6.45, 7) is 9.19. The average Bonchev–Trinajstić information content (AvgIpc) is 2.28. The van der Waals surface area contributed by atoms with E-state index in [4.69, 9.17) is 6.42 Å². The summed E-state index contributed by atoms with van der Waals surface area (Å²) in [5.74, 6) is 2.77. The molecule has 1 rings (SSSR count). The quantitative estimate of drug-likeness (QED) is 0.718. The lowest BCUT2D eigenvalue weighted by atomic mass is 9.96. The first kappa shape index (κ1) is 13.5. The molecule has 2 nitrogen and oxygen atoms in total. The standard InChI is InChI=1S/C14H26N2/c1-5-8-13(6-2)15-14-9-10-16(7-3)12(4)11-14/h1,12-15H,6-11H2,2-4H3. The van der Waals surface area contributed by atoms with Crippen LogP contribution in [0.1, 0.15) is 46.5 Å². The van der Waals surface area contributed by atoms with E-state index in [1.807, 2.05) is 0 Å². The number of nitrogens with one attached hydrogen (secondary N) is 1. The Morgan fingerprint density at radius 2 is 2.25 bits per heavy atom. The molecule has 1 aliphatic rings. The Bertz CT molecular complexity index is 231. The first-order valence-corrected chi connectivity index (χ1v) is 6.64. The molecule has 0 aromatic heterocycles. The zero-order valence-corrected chi connectivity index (χ0v) is 11.0. The molecule has 1 fully saturated rings. The SMILES string of the molecule is C#CCC(CC)NC1CCN(CC)C(C)C1. The highest BCUT2D eigenvalue weighted by molar-refractivity contribution is 4.92. The van der Waals surface area contributed by atoms with Crippen molar-refractivity contribution < 1.29 is 0 Å². The maximum absolute atomic E-state index is 5.38. The minimum Gasteiger partial charge on any atom is -0.310 e. The predicted octanol–water partition coefficient (Wildman–Crippen LogP) is 2.25. The van der Waals surface area contributed by atoms with Crippen molar-refractivity contribution in [1.82, 2.24) is 10.2 Å². The van der Waals surface area contributed by atoms with Crippen molar-refractivity contribution in [1.29, 1.82) is 0 Å². The van der Waals surface area contributed by atoms with Crippen LogP contribution in [0.5, 0.6) is 0 Å². The molecule has 16 heavy (non-hydrogen) atoms. The summed E-state index contributed by atoms with van der Waals surface area (Å²) < 4.78 is 0. The summed E-state index contributed by atoms with van der Waals surface area (Å²) in [6, 6.07) is 1.88. The van der Waals surface area contributed by atoms with Gasteiger partial charge in [-0.25, -0.2) is 0 Å². The third-order valence-electron chi connectivity index (χ3n) is 3.75. The molecule has 1 aliphatic heterocycles. The summed E-state index contributed by atoms with van der Waals surface area (Å²) in [5.41, 5.74) is 0. The molecule has 1 N–H and O–H groups in total. The van der Waals surface area contributed by atoms with Gasteiger partial charge in [0.2, 0.25) is 0 Å². The normalized spacial score (nSPS) is 28.6. The summed E-state index contributed by atoms with van der Waals surface area (Å²) in [5, 5.41) is 3.71. The molecule has 1 heterocycles. The summed E-state index contributed by atoms with van der Waals surface area (Å²) in [6.07, 6.45) is 9.90.